The summed E-state index contributed by atoms with van der Waals surface area (Å²) in [5.74, 6) is 0.764. The molecule has 0 aromatic carbocycles. The lowest BCUT2D eigenvalue weighted by Gasteiger charge is -2.30. The molecule has 1 aliphatic rings. The van der Waals surface area contributed by atoms with E-state index in [4.69, 9.17) is 0 Å². The maximum absolute atomic E-state index is 9.69. The molecule has 0 saturated heterocycles. The minimum atomic E-state index is 0.238. The fourth-order valence-corrected chi connectivity index (χ4v) is 1.02. The summed E-state index contributed by atoms with van der Waals surface area (Å²) < 4.78 is 4.67. The third-order valence-corrected chi connectivity index (χ3v) is 1.58. The van der Waals surface area contributed by atoms with Crippen LogP contribution in [0.4, 0.5) is 0 Å². The van der Waals surface area contributed by atoms with Crippen molar-refractivity contribution in [1.82, 2.24) is 0 Å². The Kier molecular flexibility index (Phi) is 1.51. The van der Waals surface area contributed by atoms with E-state index in [0.29, 0.717) is 6.47 Å². The summed E-state index contributed by atoms with van der Waals surface area (Å²) >= 11 is 0. The molecule has 0 N–H and O–H groups in total. The largest absolute Gasteiger partial charge is 0.465 e. The number of hydrogen-bond acceptors (Lipinski definition) is 2. The lowest BCUT2D eigenvalue weighted by Crippen LogP contribution is -2.28. The van der Waals surface area contributed by atoms with E-state index in [1.807, 2.05) is 0 Å². The summed E-state index contributed by atoms with van der Waals surface area (Å²) in [7, 11) is 0. The van der Waals surface area contributed by atoms with Gasteiger partial charge in [-0.05, 0) is 18.8 Å². The van der Waals surface area contributed by atoms with Crippen LogP contribution in [0.1, 0.15) is 19.8 Å². The number of hydrogen-bond donors (Lipinski definition) is 0. The van der Waals surface area contributed by atoms with Gasteiger partial charge in [0.15, 0.2) is 0 Å². The van der Waals surface area contributed by atoms with Crippen LogP contribution in [0.15, 0.2) is 0 Å². The van der Waals surface area contributed by atoms with Crippen molar-refractivity contribution >= 4 is 6.47 Å². The lowest BCUT2D eigenvalue weighted by atomic mass is 9.84. The average molecular weight is 114 g/mol. The quantitative estimate of drug-likeness (QED) is 0.500. The summed E-state index contributed by atoms with van der Waals surface area (Å²) in [5, 5.41) is 0. The van der Waals surface area contributed by atoms with Crippen LogP contribution in [0.5, 0.6) is 0 Å². The summed E-state index contributed by atoms with van der Waals surface area (Å²) in [6.07, 6.45) is 2.35. The number of rotatable bonds is 2. The Morgan fingerprint density at radius 2 is 2.25 bits per heavy atom. The van der Waals surface area contributed by atoms with Crippen molar-refractivity contribution in [1.29, 1.82) is 0 Å². The molecule has 0 amide bonds. The zero-order valence-electron chi connectivity index (χ0n) is 4.96. The lowest BCUT2D eigenvalue weighted by molar-refractivity contribution is -0.139. The second-order valence-corrected chi connectivity index (χ2v) is 2.43. The van der Waals surface area contributed by atoms with E-state index in [1.54, 1.807) is 0 Å². The monoisotopic (exact) mass is 114 g/mol. The predicted octanol–water partition coefficient (Wildman–Crippen LogP) is 0.958. The fourth-order valence-electron chi connectivity index (χ4n) is 1.02. The second kappa shape index (κ2) is 2.16. The smallest absolute Gasteiger partial charge is 0.293 e. The molecule has 1 aliphatic carbocycles. The highest BCUT2D eigenvalue weighted by molar-refractivity contribution is 5.37. The molecule has 1 saturated carbocycles. The van der Waals surface area contributed by atoms with Crippen molar-refractivity contribution < 1.29 is 9.53 Å². The Balaban J connectivity index is 2.06. The van der Waals surface area contributed by atoms with Gasteiger partial charge in [0.25, 0.3) is 6.47 Å². The van der Waals surface area contributed by atoms with Crippen molar-refractivity contribution in [3.05, 3.63) is 0 Å². The maximum atomic E-state index is 9.69. The van der Waals surface area contributed by atoms with Crippen molar-refractivity contribution in [3.63, 3.8) is 0 Å². The van der Waals surface area contributed by atoms with Crippen molar-refractivity contribution in [3.8, 4) is 0 Å². The zero-order valence-corrected chi connectivity index (χ0v) is 4.96. The highest BCUT2D eigenvalue weighted by Crippen LogP contribution is 2.28. The van der Waals surface area contributed by atoms with Gasteiger partial charge in [-0.3, -0.25) is 4.79 Å². The number of carbonyl (C=O) groups excluding carboxylic acids is 1. The Morgan fingerprint density at radius 1 is 1.62 bits per heavy atom. The normalized spacial score (nSPS) is 35.6. The molecule has 2 heteroatoms. The van der Waals surface area contributed by atoms with Gasteiger partial charge in [-0.1, -0.05) is 6.92 Å². The molecule has 1 rings (SSSR count). The molecule has 1 fully saturated rings. The molecule has 0 aromatic rings. The molecule has 0 heterocycles. The van der Waals surface area contributed by atoms with Crippen LogP contribution >= 0.6 is 0 Å². The van der Waals surface area contributed by atoms with Gasteiger partial charge in [0.05, 0.1) is 0 Å². The Morgan fingerprint density at radius 3 is 2.62 bits per heavy atom. The first kappa shape index (κ1) is 5.60. The van der Waals surface area contributed by atoms with Crippen molar-refractivity contribution in [2.45, 2.75) is 25.9 Å². The molecule has 0 aromatic heterocycles. The third-order valence-electron chi connectivity index (χ3n) is 1.58. The minimum Gasteiger partial charge on any atom is -0.465 e. The first-order valence-corrected chi connectivity index (χ1v) is 2.92. The van der Waals surface area contributed by atoms with Gasteiger partial charge in [0, 0.05) is 0 Å². The van der Waals surface area contributed by atoms with Crippen LogP contribution < -0.4 is 0 Å². The molecule has 0 radical (unpaired) electrons. The van der Waals surface area contributed by atoms with Gasteiger partial charge < -0.3 is 4.74 Å². The molecule has 0 spiro atoms. The molecule has 46 valence electrons. The summed E-state index contributed by atoms with van der Waals surface area (Å²) in [6, 6.07) is 0. The summed E-state index contributed by atoms with van der Waals surface area (Å²) in [4.78, 5) is 9.69. The van der Waals surface area contributed by atoms with Crippen molar-refractivity contribution in [2.24, 2.45) is 5.92 Å². The van der Waals surface area contributed by atoms with E-state index >= 15 is 0 Å². The second-order valence-electron chi connectivity index (χ2n) is 2.43. The maximum Gasteiger partial charge on any atom is 0.293 e. The minimum absolute atomic E-state index is 0.238. The van der Waals surface area contributed by atoms with Gasteiger partial charge in [0.2, 0.25) is 0 Å². The van der Waals surface area contributed by atoms with Gasteiger partial charge in [0.1, 0.15) is 6.10 Å². The van der Waals surface area contributed by atoms with E-state index < -0.39 is 0 Å². The van der Waals surface area contributed by atoms with Gasteiger partial charge in [-0.2, -0.15) is 0 Å². The summed E-state index contributed by atoms with van der Waals surface area (Å²) in [5.41, 5.74) is 0. The van der Waals surface area contributed by atoms with Crippen molar-refractivity contribution in [2.75, 3.05) is 0 Å². The average Bonchev–Trinajstić information content (AvgIpc) is 1.64. The van der Waals surface area contributed by atoms with Gasteiger partial charge >= 0.3 is 0 Å². The van der Waals surface area contributed by atoms with E-state index in [9.17, 15) is 4.79 Å². The molecule has 0 bridgehead atoms. The van der Waals surface area contributed by atoms with E-state index in [2.05, 4.69) is 11.7 Å². The molecule has 0 aliphatic heterocycles. The van der Waals surface area contributed by atoms with Gasteiger partial charge in [-0.25, -0.2) is 0 Å². The standard InChI is InChI=1S/C6H10O2/c1-5-2-6(3-5)8-4-7/h4-6H,2-3H2,1H3. The first-order valence-electron chi connectivity index (χ1n) is 2.92. The van der Waals surface area contributed by atoms with Crippen LogP contribution in [-0.4, -0.2) is 12.6 Å². The van der Waals surface area contributed by atoms with Gasteiger partial charge in [-0.15, -0.1) is 0 Å². The third kappa shape index (κ3) is 0.997. The van der Waals surface area contributed by atoms with E-state index in [1.165, 1.54) is 0 Å². The Bertz CT molecular complexity index is 84.5. The molecule has 2 nitrogen and oxygen atoms in total. The van der Waals surface area contributed by atoms with Crippen LogP contribution in [0.3, 0.4) is 0 Å². The SMILES string of the molecule is CC1CC(OC=O)C1. The highest BCUT2D eigenvalue weighted by atomic mass is 16.5. The Hall–Kier alpha value is -0.530. The molecular weight excluding hydrogens is 104 g/mol. The number of carbonyl (C=O) groups is 1. The van der Waals surface area contributed by atoms with Crippen LogP contribution in [0, 0.1) is 5.92 Å². The fraction of sp³-hybridized carbons (Fsp3) is 0.833. The van der Waals surface area contributed by atoms with Crippen LogP contribution in [0.2, 0.25) is 0 Å². The molecule has 0 atom stereocenters. The first-order chi connectivity index (χ1) is 3.83. The number of ether oxygens (including phenoxy) is 1. The van der Waals surface area contributed by atoms with Crippen LogP contribution in [-0.2, 0) is 9.53 Å². The van der Waals surface area contributed by atoms with Crippen LogP contribution in [0.25, 0.3) is 0 Å². The van der Waals surface area contributed by atoms with E-state index in [-0.39, 0.29) is 6.10 Å². The summed E-state index contributed by atoms with van der Waals surface area (Å²) in [6.45, 7) is 2.70. The molecular formula is C6H10O2. The molecule has 0 unspecified atom stereocenters. The topological polar surface area (TPSA) is 26.3 Å². The molecule has 8 heavy (non-hydrogen) atoms. The van der Waals surface area contributed by atoms with E-state index in [0.717, 1.165) is 18.8 Å². The zero-order chi connectivity index (χ0) is 5.98. The highest BCUT2D eigenvalue weighted by Gasteiger charge is 2.25. The Labute approximate surface area is 48.8 Å². The predicted molar refractivity (Wildman–Crippen MR) is 29.3 cm³/mol.